The number of aromatic nitrogens is 1. The van der Waals surface area contributed by atoms with Gasteiger partial charge in [-0.15, -0.1) is 11.8 Å². The Morgan fingerprint density at radius 2 is 2.18 bits per heavy atom. The van der Waals surface area contributed by atoms with E-state index in [1.54, 1.807) is 0 Å². The summed E-state index contributed by atoms with van der Waals surface area (Å²) in [4.78, 5) is 3.44. The Bertz CT molecular complexity index is 431. The molecule has 92 valence electrons. The third-order valence-electron chi connectivity index (χ3n) is 2.74. The van der Waals surface area contributed by atoms with Crippen LogP contribution in [0.3, 0.4) is 0 Å². The van der Waals surface area contributed by atoms with E-state index in [0.29, 0.717) is 6.04 Å². The first-order valence-electron chi connectivity index (χ1n) is 6.23. The fraction of sp³-hybridized carbons (Fsp3) is 0.429. The highest BCUT2D eigenvalue weighted by molar-refractivity contribution is 7.99. The van der Waals surface area contributed by atoms with Gasteiger partial charge in [0.2, 0.25) is 0 Å². The van der Waals surface area contributed by atoms with Crippen molar-refractivity contribution in [1.29, 1.82) is 0 Å². The molecule has 17 heavy (non-hydrogen) atoms. The smallest absolute Gasteiger partial charge is 0.0733 e. The second kappa shape index (κ2) is 6.12. The van der Waals surface area contributed by atoms with Crippen molar-refractivity contribution in [3.05, 3.63) is 30.3 Å². The molecule has 2 N–H and O–H groups in total. The van der Waals surface area contributed by atoms with Crippen LogP contribution in [0.15, 0.2) is 35.4 Å². The van der Waals surface area contributed by atoms with Gasteiger partial charge in [0.1, 0.15) is 0 Å². The molecule has 0 aliphatic carbocycles. The molecule has 0 saturated carbocycles. The lowest BCUT2D eigenvalue weighted by Gasteiger charge is -2.11. The first kappa shape index (κ1) is 12.5. The van der Waals surface area contributed by atoms with Gasteiger partial charge >= 0.3 is 0 Å². The molecule has 0 bridgehead atoms. The Hall–Kier alpha value is -0.930. The second-order valence-electron chi connectivity index (χ2n) is 4.39. The molecule has 2 rings (SSSR count). The highest BCUT2D eigenvalue weighted by Crippen LogP contribution is 2.23. The van der Waals surface area contributed by atoms with E-state index in [4.69, 9.17) is 0 Å². The fourth-order valence-electron chi connectivity index (χ4n) is 1.79. The molecule has 0 aliphatic rings. The van der Waals surface area contributed by atoms with Crippen molar-refractivity contribution in [1.82, 2.24) is 10.3 Å². The fourth-order valence-corrected chi connectivity index (χ4v) is 2.73. The number of para-hydroxylation sites is 1. The third kappa shape index (κ3) is 3.51. The van der Waals surface area contributed by atoms with Gasteiger partial charge in [-0.2, -0.15) is 0 Å². The number of thioether (sulfide) groups is 1. The Morgan fingerprint density at radius 1 is 1.35 bits per heavy atom. The van der Waals surface area contributed by atoms with Crippen LogP contribution >= 0.6 is 11.8 Å². The van der Waals surface area contributed by atoms with Crippen LogP contribution in [-0.4, -0.2) is 23.3 Å². The van der Waals surface area contributed by atoms with Crippen molar-refractivity contribution in [3.8, 4) is 0 Å². The average Bonchev–Trinajstić information content (AvgIpc) is 2.76. The molecule has 1 aromatic carbocycles. The van der Waals surface area contributed by atoms with E-state index in [9.17, 15) is 0 Å². The van der Waals surface area contributed by atoms with Crippen LogP contribution in [0.5, 0.6) is 0 Å². The van der Waals surface area contributed by atoms with Gasteiger partial charge in [0, 0.05) is 22.7 Å². The molecule has 1 heterocycles. The Balaban J connectivity index is 1.90. The standard InChI is InChI=1S/C14H20N2S/c1-3-8-15-11(2)10-17-14-9-12-6-4-5-7-13(12)16-14/h4-7,9,11,15-16H,3,8,10H2,1-2H3. The molecular weight excluding hydrogens is 228 g/mol. The highest BCUT2D eigenvalue weighted by Gasteiger charge is 2.04. The SMILES string of the molecule is CCCNC(C)CSc1cc2ccccc2[nH]1. The van der Waals surface area contributed by atoms with E-state index in [2.05, 4.69) is 54.5 Å². The van der Waals surface area contributed by atoms with Crippen molar-refractivity contribution < 1.29 is 0 Å². The average molecular weight is 248 g/mol. The van der Waals surface area contributed by atoms with E-state index in [1.165, 1.54) is 22.3 Å². The van der Waals surface area contributed by atoms with E-state index < -0.39 is 0 Å². The maximum Gasteiger partial charge on any atom is 0.0733 e. The number of fused-ring (bicyclic) bond motifs is 1. The summed E-state index contributed by atoms with van der Waals surface area (Å²) >= 11 is 1.89. The largest absolute Gasteiger partial charge is 0.350 e. The van der Waals surface area contributed by atoms with Crippen LogP contribution in [0.4, 0.5) is 0 Å². The van der Waals surface area contributed by atoms with Gasteiger partial charge in [-0.25, -0.2) is 0 Å². The van der Waals surface area contributed by atoms with Crippen LogP contribution in [0, 0.1) is 0 Å². The van der Waals surface area contributed by atoms with E-state index >= 15 is 0 Å². The van der Waals surface area contributed by atoms with Gasteiger partial charge in [-0.1, -0.05) is 25.1 Å². The summed E-state index contributed by atoms with van der Waals surface area (Å²) in [5, 5.41) is 6.06. The van der Waals surface area contributed by atoms with Crippen molar-refractivity contribution >= 4 is 22.7 Å². The molecule has 2 nitrogen and oxygen atoms in total. The molecule has 0 fully saturated rings. The first-order chi connectivity index (χ1) is 8.29. The number of hydrogen-bond acceptors (Lipinski definition) is 2. The van der Waals surface area contributed by atoms with Gasteiger partial charge in [0.05, 0.1) is 5.03 Å². The molecule has 0 spiro atoms. The summed E-state index contributed by atoms with van der Waals surface area (Å²) in [6.07, 6.45) is 1.20. The Kier molecular flexibility index (Phi) is 4.51. The minimum atomic E-state index is 0.561. The lowest BCUT2D eigenvalue weighted by Crippen LogP contribution is -2.28. The number of benzene rings is 1. The van der Waals surface area contributed by atoms with Gasteiger partial charge in [-0.3, -0.25) is 0 Å². The number of H-pyrrole nitrogens is 1. The maximum absolute atomic E-state index is 3.50. The van der Waals surface area contributed by atoms with Crippen LogP contribution in [0.25, 0.3) is 10.9 Å². The Morgan fingerprint density at radius 3 is 2.94 bits per heavy atom. The lowest BCUT2D eigenvalue weighted by atomic mass is 10.3. The normalized spacial score (nSPS) is 13.1. The quantitative estimate of drug-likeness (QED) is 0.764. The molecule has 2 aromatic rings. The number of rotatable bonds is 6. The molecule has 1 atom stereocenters. The number of aromatic amines is 1. The van der Waals surface area contributed by atoms with E-state index in [-0.39, 0.29) is 0 Å². The molecule has 1 aromatic heterocycles. The zero-order valence-corrected chi connectivity index (χ0v) is 11.3. The van der Waals surface area contributed by atoms with Crippen LogP contribution in [0.1, 0.15) is 20.3 Å². The van der Waals surface area contributed by atoms with Gasteiger partial charge in [0.15, 0.2) is 0 Å². The van der Waals surface area contributed by atoms with Gasteiger partial charge < -0.3 is 10.3 Å². The van der Waals surface area contributed by atoms with Crippen molar-refractivity contribution in [2.24, 2.45) is 0 Å². The van der Waals surface area contributed by atoms with Gasteiger partial charge in [-0.05, 0) is 32.0 Å². The van der Waals surface area contributed by atoms with Crippen molar-refractivity contribution in [3.63, 3.8) is 0 Å². The van der Waals surface area contributed by atoms with Crippen LogP contribution in [0.2, 0.25) is 0 Å². The number of hydrogen-bond donors (Lipinski definition) is 2. The topological polar surface area (TPSA) is 27.8 Å². The van der Waals surface area contributed by atoms with Crippen molar-refractivity contribution in [2.45, 2.75) is 31.3 Å². The van der Waals surface area contributed by atoms with Crippen LogP contribution < -0.4 is 5.32 Å². The molecule has 1 unspecified atom stereocenters. The summed E-state index contributed by atoms with van der Waals surface area (Å²) in [6.45, 7) is 5.55. The Labute approximate surface area is 107 Å². The monoisotopic (exact) mass is 248 g/mol. The molecular formula is C14H20N2S. The summed E-state index contributed by atoms with van der Waals surface area (Å²) in [7, 11) is 0. The predicted molar refractivity (Wildman–Crippen MR) is 76.8 cm³/mol. The lowest BCUT2D eigenvalue weighted by molar-refractivity contribution is 0.590. The van der Waals surface area contributed by atoms with E-state index in [0.717, 1.165) is 12.3 Å². The van der Waals surface area contributed by atoms with Crippen molar-refractivity contribution in [2.75, 3.05) is 12.3 Å². The third-order valence-corrected chi connectivity index (χ3v) is 3.93. The summed E-state index contributed by atoms with van der Waals surface area (Å²) in [5.41, 5.74) is 1.23. The molecule has 0 amide bonds. The number of nitrogens with one attached hydrogen (secondary N) is 2. The summed E-state index contributed by atoms with van der Waals surface area (Å²) in [5.74, 6) is 1.10. The van der Waals surface area contributed by atoms with Gasteiger partial charge in [0.25, 0.3) is 0 Å². The maximum atomic E-state index is 3.50. The molecule has 0 aliphatic heterocycles. The molecule has 0 radical (unpaired) electrons. The summed E-state index contributed by atoms with van der Waals surface area (Å²) in [6, 6.07) is 11.2. The minimum Gasteiger partial charge on any atom is -0.350 e. The zero-order chi connectivity index (χ0) is 12.1. The predicted octanol–water partition coefficient (Wildman–Crippen LogP) is 3.65. The minimum absolute atomic E-state index is 0.561. The van der Waals surface area contributed by atoms with E-state index in [1.807, 2.05) is 11.8 Å². The second-order valence-corrected chi connectivity index (χ2v) is 5.45. The van der Waals surface area contributed by atoms with Crippen LogP contribution in [-0.2, 0) is 0 Å². The molecule has 0 saturated heterocycles. The summed E-state index contributed by atoms with van der Waals surface area (Å²) < 4.78 is 0. The highest BCUT2D eigenvalue weighted by atomic mass is 32.2. The first-order valence-corrected chi connectivity index (χ1v) is 7.22. The molecule has 3 heteroatoms. The zero-order valence-electron chi connectivity index (χ0n) is 10.5.